The molecule has 1 rings (SSSR count). The highest BCUT2D eigenvalue weighted by Gasteiger charge is 2.21. The molecule has 0 aliphatic rings. The van der Waals surface area contributed by atoms with E-state index in [2.05, 4.69) is 0 Å². The van der Waals surface area contributed by atoms with Gasteiger partial charge in [-0.05, 0) is 26.5 Å². The first-order chi connectivity index (χ1) is 7.95. The van der Waals surface area contributed by atoms with Gasteiger partial charge in [-0.3, -0.25) is 9.69 Å². The third-order valence-electron chi connectivity index (χ3n) is 2.86. The number of carboxylic acid groups (broad SMARTS) is 1. The van der Waals surface area contributed by atoms with E-state index in [1.807, 2.05) is 26.0 Å². The highest BCUT2D eigenvalue weighted by atomic mass is 16.4. The van der Waals surface area contributed by atoms with Crippen molar-refractivity contribution in [1.82, 2.24) is 4.90 Å². The highest BCUT2D eigenvalue weighted by Crippen LogP contribution is 2.20. The van der Waals surface area contributed by atoms with Crippen LogP contribution in [-0.4, -0.2) is 34.2 Å². The molecule has 0 aliphatic carbocycles. The minimum Gasteiger partial charge on any atom is -0.508 e. The topological polar surface area (TPSA) is 60.8 Å². The molecule has 0 bridgehead atoms. The maximum atomic E-state index is 11.0. The van der Waals surface area contributed by atoms with Gasteiger partial charge >= 0.3 is 5.97 Å². The van der Waals surface area contributed by atoms with Gasteiger partial charge in [0.25, 0.3) is 0 Å². The summed E-state index contributed by atoms with van der Waals surface area (Å²) >= 11 is 0. The normalized spacial score (nSPS) is 12.7. The second-order valence-electron chi connectivity index (χ2n) is 4.31. The first-order valence-electron chi connectivity index (χ1n) is 5.67. The van der Waals surface area contributed by atoms with Crippen LogP contribution in [0, 0.1) is 6.92 Å². The Labute approximate surface area is 101 Å². The van der Waals surface area contributed by atoms with Crippen molar-refractivity contribution in [1.29, 1.82) is 0 Å². The molecule has 4 heteroatoms. The van der Waals surface area contributed by atoms with Gasteiger partial charge < -0.3 is 10.2 Å². The van der Waals surface area contributed by atoms with Crippen LogP contribution in [0.1, 0.15) is 24.5 Å². The van der Waals surface area contributed by atoms with Crippen molar-refractivity contribution in [3.8, 4) is 5.75 Å². The zero-order valence-electron chi connectivity index (χ0n) is 10.5. The van der Waals surface area contributed by atoms with Crippen molar-refractivity contribution < 1.29 is 15.0 Å². The van der Waals surface area contributed by atoms with Gasteiger partial charge in [-0.1, -0.05) is 24.6 Å². The van der Waals surface area contributed by atoms with Gasteiger partial charge in [-0.15, -0.1) is 0 Å². The number of phenols is 1. The number of aryl methyl sites for hydroxylation is 1. The third kappa shape index (κ3) is 3.46. The van der Waals surface area contributed by atoms with E-state index in [0.29, 0.717) is 13.0 Å². The van der Waals surface area contributed by atoms with Crippen LogP contribution in [-0.2, 0) is 11.3 Å². The zero-order chi connectivity index (χ0) is 13.0. The lowest BCUT2D eigenvalue weighted by Crippen LogP contribution is -2.37. The number of carbonyl (C=O) groups is 1. The standard InChI is InChI=1S/C13H19NO3/c1-4-11(13(16)17)14(3)8-10-7-9(2)5-6-12(10)15/h5-7,11,15H,4,8H2,1-3H3,(H,16,17). The average Bonchev–Trinajstić information content (AvgIpc) is 2.24. The molecule has 0 heterocycles. The molecule has 1 aromatic rings. The fourth-order valence-corrected chi connectivity index (χ4v) is 1.89. The van der Waals surface area contributed by atoms with E-state index >= 15 is 0 Å². The Hall–Kier alpha value is -1.55. The van der Waals surface area contributed by atoms with Crippen LogP contribution in [0.15, 0.2) is 18.2 Å². The Morgan fingerprint density at radius 2 is 2.12 bits per heavy atom. The molecule has 0 radical (unpaired) electrons. The molecule has 4 nitrogen and oxygen atoms in total. The zero-order valence-corrected chi connectivity index (χ0v) is 10.5. The number of phenolic OH excluding ortho intramolecular Hbond substituents is 1. The van der Waals surface area contributed by atoms with Gasteiger partial charge in [0.05, 0.1) is 0 Å². The van der Waals surface area contributed by atoms with E-state index in [4.69, 9.17) is 5.11 Å². The molecule has 2 N–H and O–H groups in total. The SMILES string of the molecule is CCC(C(=O)O)N(C)Cc1cc(C)ccc1O. The van der Waals surface area contributed by atoms with E-state index in [0.717, 1.165) is 11.1 Å². The van der Waals surface area contributed by atoms with Crippen LogP contribution in [0.2, 0.25) is 0 Å². The van der Waals surface area contributed by atoms with Gasteiger partial charge in [-0.2, -0.15) is 0 Å². The summed E-state index contributed by atoms with van der Waals surface area (Å²) in [6, 6.07) is 4.82. The van der Waals surface area contributed by atoms with Gasteiger partial charge in [0.2, 0.25) is 0 Å². The van der Waals surface area contributed by atoms with Crippen molar-refractivity contribution in [3.05, 3.63) is 29.3 Å². The summed E-state index contributed by atoms with van der Waals surface area (Å²) in [5.41, 5.74) is 1.81. The molecule has 0 aliphatic heterocycles. The largest absolute Gasteiger partial charge is 0.508 e. The molecule has 17 heavy (non-hydrogen) atoms. The summed E-state index contributed by atoms with van der Waals surface area (Å²) in [5.74, 6) is -0.621. The van der Waals surface area contributed by atoms with Gasteiger partial charge in [-0.25, -0.2) is 0 Å². The molecule has 1 unspecified atom stereocenters. The molecular weight excluding hydrogens is 218 g/mol. The number of hydrogen-bond acceptors (Lipinski definition) is 3. The van der Waals surface area contributed by atoms with Crippen LogP contribution in [0.3, 0.4) is 0 Å². The first-order valence-corrected chi connectivity index (χ1v) is 5.67. The summed E-state index contributed by atoms with van der Waals surface area (Å²) < 4.78 is 0. The van der Waals surface area contributed by atoms with Crippen LogP contribution in [0.5, 0.6) is 5.75 Å². The summed E-state index contributed by atoms with van der Waals surface area (Å²) in [5, 5.41) is 18.7. The van der Waals surface area contributed by atoms with Crippen molar-refractivity contribution in [2.45, 2.75) is 32.9 Å². The summed E-state index contributed by atoms with van der Waals surface area (Å²) in [6.07, 6.45) is 0.540. The molecule has 1 atom stereocenters. The number of aliphatic carboxylic acids is 1. The Morgan fingerprint density at radius 1 is 1.47 bits per heavy atom. The second-order valence-corrected chi connectivity index (χ2v) is 4.31. The molecule has 1 aromatic carbocycles. The number of benzene rings is 1. The van der Waals surface area contributed by atoms with Gasteiger partial charge in [0.15, 0.2) is 0 Å². The molecule has 0 saturated carbocycles. The van der Waals surface area contributed by atoms with Crippen LogP contribution in [0.4, 0.5) is 0 Å². The van der Waals surface area contributed by atoms with Crippen molar-refractivity contribution in [2.75, 3.05) is 7.05 Å². The lowest BCUT2D eigenvalue weighted by atomic mass is 10.1. The van der Waals surface area contributed by atoms with Gasteiger partial charge in [0.1, 0.15) is 11.8 Å². The molecule has 0 amide bonds. The van der Waals surface area contributed by atoms with Crippen molar-refractivity contribution in [2.24, 2.45) is 0 Å². The smallest absolute Gasteiger partial charge is 0.320 e. The number of carboxylic acids is 1. The quantitative estimate of drug-likeness (QED) is 0.822. The maximum absolute atomic E-state index is 11.0. The minimum atomic E-state index is -0.831. The molecule has 0 spiro atoms. The number of rotatable bonds is 5. The monoisotopic (exact) mass is 237 g/mol. The predicted molar refractivity (Wildman–Crippen MR) is 66.0 cm³/mol. The van der Waals surface area contributed by atoms with E-state index in [1.165, 1.54) is 0 Å². The fraction of sp³-hybridized carbons (Fsp3) is 0.462. The fourth-order valence-electron chi connectivity index (χ4n) is 1.89. The lowest BCUT2D eigenvalue weighted by Gasteiger charge is -2.23. The van der Waals surface area contributed by atoms with E-state index in [9.17, 15) is 9.90 Å². The van der Waals surface area contributed by atoms with E-state index < -0.39 is 12.0 Å². The molecule has 0 saturated heterocycles. The Kier molecular flexibility index (Phi) is 4.52. The number of likely N-dealkylation sites (N-methyl/N-ethyl adjacent to an activating group) is 1. The van der Waals surface area contributed by atoms with Crippen molar-refractivity contribution >= 4 is 5.97 Å². The summed E-state index contributed by atoms with van der Waals surface area (Å²) in [7, 11) is 1.75. The minimum absolute atomic E-state index is 0.211. The number of nitrogens with zero attached hydrogens (tertiary/aromatic N) is 1. The van der Waals surface area contributed by atoms with Crippen LogP contribution in [0.25, 0.3) is 0 Å². The third-order valence-corrected chi connectivity index (χ3v) is 2.86. The van der Waals surface area contributed by atoms with Crippen molar-refractivity contribution in [3.63, 3.8) is 0 Å². The lowest BCUT2D eigenvalue weighted by molar-refractivity contribution is -0.143. The molecule has 94 valence electrons. The van der Waals surface area contributed by atoms with E-state index in [1.54, 1.807) is 18.0 Å². The maximum Gasteiger partial charge on any atom is 0.320 e. The Bertz CT molecular complexity index is 404. The highest BCUT2D eigenvalue weighted by molar-refractivity contribution is 5.73. The summed E-state index contributed by atoms with van der Waals surface area (Å²) in [4.78, 5) is 12.7. The van der Waals surface area contributed by atoms with Gasteiger partial charge in [0, 0.05) is 12.1 Å². The Balaban J connectivity index is 2.83. The summed E-state index contributed by atoms with van der Waals surface area (Å²) in [6.45, 7) is 4.21. The molecule has 0 aromatic heterocycles. The Morgan fingerprint density at radius 3 is 2.65 bits per heavy atom. The van der Waals surface area contributed by atoms with Crippen LogP contribution < -0.4 is 0 Å². The number of hydrogen-bond donors (Lipinski definition) is 2. The molecule has 0 fully saturated rings. The molecular formula is C13H19NO3. The number of aromatic hydroxyl groups is 1. The van der Waals surface area contributed by atoms with E-state index in [-0.39, 0.29) is 5.75 Å². The second kappa shape index (κ2) is 5.68. The van der Waals surface area contributed by atoms with Crippen LogP contribution >= 0.6 is 0 Å². The first kappa shape index (κ1) is 13.5. The predicted octanol–water partition coefficient (Wildman–Crippen LogP) is 2.00. The average molecular weight is 237 g/mol.